The summed E-state index contributed by atoms with van der Waals surface area (Å²) in [5.74, 6) is -8.40. The van der Waals surface area contributed by atoms with Gasteiger partial charge in [-0.15, -0.1) is 0 Å². The maximum Gasteiger partial charge on any atom is 0.494 e. The van der Waals surface area contributed by atoms with Gasteiger partial charge in [-0.3, -0.25) is 0 Å². The van der Waals surface area contributed by atoms with Crippen molar-refractivity contribution in [2.75, 3.05) is 0 Å². The monoisotopic (exact) mass is 238 g/mol. The number of rotatable bonds is 2. The van der Waals surface area contributed by atoms with E-state index in [-0.39, 0.29) is 0 Å². The highest BCUT2D eigenvalue weighted by atomic mass is 19.2. The molecule has 0 saturated carbocycles. The molecule has 1 aromatic carbocycles. The molecule has 0 aliphatic heterocycles. The Balaban J connectivity index is 3.63. The van der Waals surface area contributed by atoms with E-state index in [2.05, 4.69) is 0 Å². The third kappa shape index (κ3) is 1.92. The molecular weight excluding hydrogens is 234 g/mol. The van der Waals surface area contributed by atoms with Crippen molar-refractivity contribution in [1.82, 2.24) is 0 Å². The van der Waals surface area contributed by atoms with Gasteiger partial charge in [0.2, 0.25) is 0 Å². The smallest absolute Gasteiger partial charge is 0.423 e. The molecule has 4 N–H and O–H groups in total. The molecule has 0 bridgehead atoms. The summed E-state index contributed by atoms with van der Waals surface area (Å²) in [4.78, 5) is 0. The fourth-order valence-corrected chi connectivity index (χ4v) is 1.12. The lowest BCUT2D eigenvalue weighted by Crippen LogP contribution is -2.45. The van der Waals surface area contributed by atoms with Crippen molar-refractivity contribution >= 4 is 25.2 Å². The zero-order chi connectivity index (χ0) is 12.6. The van der Waals surface area contributed by atoms with Crippen molar-refractivity contribution in [3.05, 3.63) is 23.3 Å². The molecule has 0 unspecified atom stereocenters. The summed E-state index contributed by atoms with van der Waals surface area (Å²) in [6.45, 7) is 0. The summed E-state index contributed by atoms with van der Waals surface area (Å²) in [5, 5.41) is 33.9. The minimum atomic E-state index is -2.77. The fraction of sp³-hybridized carbons (Fsp3) is 0. The SMILES string of the molecule is OB(O)c1c(F)c(F)c(B(O)O)c(F)c1F. The first kappa shape index (κ1) is 13.0. The minimum Gasteiger partial charge on any atom is -0.423 e. The summed E-state index contributed by atoms with van der Waals surface area (Å²) < 4.78 is 52.0. The van der Waals surface area contributed by atoms with Crippen molar-refractivity contribution in [1.29, 1.82) is 0 Å². The van der Waals surface area contributed by atoms with E-state index in [1.165, 1.54) is 0 Å². The third-order valence-corrected chi connectivity index (χ3v) is 1.85. The molecule has 10 heteroatoms. The van der Waals surface area contributed by atoms with Gasteiger partial charge in [0.1, 0.15) is 0 Å². The van der Waals surface area contributed by atoms with Crippen LogP contribution in [0.1, 0.15) is 0 Å². The minimum absolute atomic E-state index is 1.64. The fourth-order valence-electron chi connectivity index (χ4n) is 1.12. The first-order chi connectivity index (χ1) is 7.29. The van der Waals surface area contributed by atoms with Crippen LogP contribution in [0, 0.1) is 23.3 Å². The van der Waals surface area contributed by atoms with Crippen molar-refractivity contribution in [2.24, 2.45) is 0 Å². The average Bonchev–Trinajstić information content (AvgIpc) is 2.14. The van der Waals surface area contributed by atoms with Gasteiger partial charge in [0.25, 0.3) is 0 Å². The molecule has 1 rings (SSSR count). The predicted molar refractivity (Wildman–Crippen MR) is 45.9 cm³/mol. The summed E-state index contributed by atoms with van der Waals surface area (Å²) in [6.07, 6.45) is 0. The van der Waals surface area contributed by atoms with E-state index >= 15 is 0 Å². The van der Waals surface area contributed by atoms with E-state index in [0.717, 1.165) is 0 Å². The largest absolute Gasteiger partial charge is 0.494 e. The van der Waals surface area contributed by atoms with Crippen molar-refractivity contribution in [3.8, 4) is 0 Å². The van der Waals surface area contributed by atoms with E-state index in [1.54, 1.807) is 0 Å². The first-order valence-electron chi connectivity index (χ1n) is 3.87. The van der Waals surface area contributed by atoms with Crippen LogP contribution in [0.2, 0.25) is 0 Å². The van der Waals surface area contributed by atoms with Crippen LogP contribution >= 0.6 is 0 Å². The van der Waals surface area contributed by atoms with Crippen LogP contribution in [0.25, 0.3) is 0 Å². The Morgan fingerprint density at radius 3 is 0.875 bits per heavy atom. The lowest BCUT2D eigenvalue weighted by atomic mass is 9.73. The van der Waals surface area contributed by atoms with Crippen molar-refractivity contribution in [2.45, 2.75) is 0 Å². The number of hydrogen-bond acceptors (Lipinski definition) is 4. The summed E-state index contributed by atoms with van der Waals surface area (Å²) in [6, 6.07) is 0. The maximum atomic E-state index is 13.0. The Morgan fingerprint density at radius 1 is 0.562 bits per heavy atom. The van der Waals surface area contributed by atoms with Gasteiger partial charge in [0.15, 0.2) is 23.3 Å². The highest BCUT2D eigenvalue weighted by Gasteiger charge is 2.35. The first-order valence-corrected chi connectivity index (χ1v) is 3.87. The summed E-state index contributed by atoms with van der Waals surface area (Å²) in [7, 11) is -5.54. The van der Waals surface area contributed by atoms with E-state index in [1.807, 2.05) is 0 Å². The van der Waals surface area contributed by atoms with Crippen LogP contribution in [0.15, 0.2) is 0 Å². The Morgan fingerprint density at radius 2 is 0.750 bits per heavy atom. The van der Waals surface area contributed by atoms with Crippen LogP contribution in [0.5, 0.6) is 0 Å². The summed E-state index contributed by atoms with van der Waals surface area (Å²) in [5.41, 5.74) is -3.28. The quantitative estimate of drug-likeness (QED) is 0.263. The van der Waals surface area contributed by atoms with Gasteiger partial charge in [0.05, 0.1) is 10.9 Å². The molecule has 0 radical (unpaired) electrons. The molecule has 0 amide bonds. The van der Waals surface area contributed by atoms with Crippen LogP contribution < -0.4 is 10.9 Å². The van der Waals surface area contributed by atoms with E-state index in [0.29, 0.717) is 0 Å². The lowest BCUT2D eigenvalue weighted by Gasteiger charge is -2.10. The van der Waals surface area contributed by atoms with Gasteiger partial charge in [-0.25, -0.2) is 17.6 Å². The average molecular weight is 238 g/mol. The number of hydrogen-bond donors (Lipinski definition) is 4. The number of halogens is 4. The molecule has 16 heavy (non-hydrogen) atoms. The summed E-state index contributed by atoms with van der Waals surface area (Å²) >= 11 is 0. The molecule has 0 aromatic heterocycles. The topological polar surface area (TPSA) is 80.9 Å². The number of benzene rings is 1. The second-order valence-electron chi connectivity index (χ2n) is 2.83. The highest BCUT2D eigenvalue weighted by molar-refractivity contribution is 6.61. The van der Waals surface area contributed by atoms with Gasteiger partial charge < -0.3 is 20.1 Å². The molecule has 0 atom stereocenters. The van der Waals surface area contributed by atoms with Gasteiger partial charge in [-0.2, -0.15) is 0 Å². The predicted octanol–water partition coefficient (Wildman–Crippen LogP) is -2.40. The van der Waals surface area contributed by atoms with Gasteiger partial charge in [0, 0.05) is 0 Å². The van der Waals surface area contributed by atoms with Gasteiger partial charge in [-0.1, -0.05) is 0 Å². The van der Waals surface area contributed by atoms with Crippen LogP contribution in [-0.4, -0.2) is 34.3 Å². The normalized spacial score (nSPS) is 10.5. The second-order valence-corrected chi connectivity index (χ2v) is 2.83. The van der Waals surface area contributed by atoms with Crippen molar-refractivity contribution < 1.29 is 37.7 Å². The van der Waals surface area contributed by atoms with Crippen molar-refractivity contribution in [3.63, 3.8) is 0 Å². The zero-order valence-electron chi connectivity index (χ0n) is 7.46. The Labute approximate surface area is 87.1 Å². The Bertz CT molecular complexity index is 357. The Hall–Kier alpha value is -1.09. The van der Waals surface area contributed by atoms with E-state index in [4.69, 9.17) is 20.1 Å². The molecule has 0 aliphatic rings. The third-order valence-electron chi connectivity index (χ3n) is 1.85. The lowest BCUT2D eigenvalue weighted by molar-refractivity contribution is 0.399. The van der Waals surface area contributed by atoms with Gasteiger partial charge in [-0.05, 0) is 0 Å². The second kappa shape index (κ2) is 4.42. The van der Waals surface area contributed by atoms with E-state index in [9.17, 15) is 17.6 Å². The highest BCUT2D eigenvalue weighted by Crippen LogP contribution is 2.09. The molecule has 0 fully saturated rings. The van der Waals surface area contributed by atoms with Crippen LogP contribution in [0.3, 0.4) is 0 Å². The maximum absolute atomic E-state index is 13.0. The molecular formula is C6H4B2F4O4. The zero-order valence-corrected chi connectivity index (χ0v) is 7.46. The standard InChI is InChI=1S/C6H4B2F4O4/c9-3-1(7(13)14)4(10)6(12)2(5(3)11)8(15)16/h13-16H. The van der Waals surface area contributed by atoms with Crippen LogP contribution in [0.4, 0.5) is 17.6 Å². The van der Waals surface area contributed by atoms with Crippen LogP contribution in [-0.2, 0) is 0 Å². The molecule has 0 heterocycles. The van der Waals surface area contributed by atoms with E-state index < -0.39 is 48.4 Å². The molecule has 0 saturated heterocycles. The molecule has 0 spiro atoms. The Kier molecular flexibility index (Phi) is 3.58. The van der Waals surface area contributed by atoms with Gasteiger partial charge >= 0.3 is 14.2 Å². The molecule has 0 aliphatic carbocycles. The molecule has 86 valence electrons. The molecule has 1 aromatic rings. The molecule has 4 nitrogen and oxygen atoms in total.